The first-order valence-corrected chi connectivity index (χ1v) is 13.3. The summed E-state index contributed by atoms with van der Waals surface area (Å²) in [6, 6.07) is 4.92. The van der Waals surface area contributed by atoms with Crippen LogP contribution in [-0.2, 0) is 24.3 Å². The number of carbonyl (C=O) groups excluding carboxylic acids is 3. The second-order valence-corrected chi connectivity index (χ2v) is 10.7. The first-order valence-electron chi connectivity index (χ1n) is 11.8. The number of hydrogen-bond acceptors (Lipinski definition) is 6. The lowest BCUT2D eigenvalue weighted by Crippen LogP contribution is -2.49. The van der Waals surface area contributed by atoms with Crippen LogP contribution in [0.25, 0.3) is 0 Å². The molecule has 8 nitrogen and oxygen atoms in total. The molecule has 9 heteroatoms. The van der Waals surface area contributed by atoms with Gasteiger partial charge in [0.1, 0.15) is 6.04 Å². The molecular weight excluding hydrogens is 444 g/mol. The average molecular weight is 479 g/mol. The molecule has 0 bridgehead atoms. The third kappa shape index (κ3) is 6.00. The first-order chi connectivity index (χ1) is 15.8. The Bertz CT molecular complexity index is 954. The van der Waals surface area contributed by atoms with Gasteiger partial charge in [0.25, 0.3) is 5.91 Å². The van der Waals surface area contributed by atoms with Gasteiger partial charge in [-0.25, -0.2) is 8.42 Å². The maximum atomic E-state index is 13.2. The molecule has 1 saturated heterocycles. The molecule has 1 aliphatic heterocycles. The van der Waals surface area contributed by atoms with Gasteiger partial charge >= 0.3 is 5.97 Å². The summed E-state index contributed by atoms with van der Waals surface area (Å²) in [6.07, 6.45) is 6.98. The summed E-state index contributed by atoms with van der Waals surface area (Å²) >= 11 is 0. The molecule has 0 aromatic heterocycles. The lowest BCUT2D eigenvalue weighted by molar-refractivity contribution is -0.157. The Hall–Kier alpha value is -2.26. The van der Waals surface area contributed by atoms with E-state index in [2.05, 4.69) is 0 Å². The zero-order valence-corrected chi connectivity index (χ0v) is 20.3. The van der Waals surface area contributed by atoms with E-state index in [4.69, 9.17) is 4.74 Å². The Balaban J connectivity index is 1.68. The normalized spacial score (nSPS) is 20.2. The van der Waals surface area contributed by atoms with Crippen molar-refractivity contribution in [1.82, 2.24) is 9.21 Å². The van der Waals surface area contributed by atoms with Gasteiger partial charge in [-0.1, -0.05) is 31.4 Å². The van der Waals surface area contributed by atoms with E-state index >= 15 is 0 Å². The topological polar surface area (TPSA) is 101 Å². The summed E-state index contributed by atoms with van der Waals surface area (Å²) in [5.41, 5.74) is 0.417. The molecule has 1 aromatic rings. The minimum atomic E-state index is -3.95. The number of amides is 1. The largest absolute Gasteiger partial charge is 0.454 e. The van der Waals surface area contributed by atoms with E-state index in [-0.39, 0.29) is 35.8 Å². The van der Waals surface area contributed by atoms with Crippen LogP contribution in [0.1, 0.15) is 75.6 Å². The van der Waals surface area contributed by atoms with Crippen molar-refractivity contribution in [2.75, 3.05) is 19.7 Å². The average Bonchev–Trinajstić information content (AvgIpc) is 2.83. The van der Waals surface area contributed by atoms with Gasteiger partial charge in [-0.3, -0.25) is 14.4 Å². The van der Waals surface area contributed by atoms with Gasteiger partial charge < -0.3 is 9.64 Å². The molecule has 0 radical (unpaired) electrons. The number of hydrogen-bond donors (Lipinski definition) is 0. The minimum absolute atomic E-state index is 0.0257. The number of Topliss-reactive ketones (excluding diaryl/α,β-unsaturated/α-hetero) is 1. The number of ketones is 1. The van der Waals surface area contributed by atoms with Crippen molar-refractivity contribution in [3.05, 3.63) is 29.8 Å². The van der Waals surface area contributed by atoms with Gasteiger partial charge in [0.2, 0.25) is 10.0 Å². The van der Waals surface area contributed by atoms with Gasteiger partial charge in [-0.05, 0) is 58.1 Å². The van der Waals surface area contributed by atoms with E-state index in [0.717, 1.165) is 25.7 Å². The van der Waals surface area contributed by atoms with Gasteiger partial charge in [0.05, 0.1) is 4.90 Å². The molecule has 1 amide bonds. The molecule has 0 N–H and O–H groups in total. The molecule has 3 rings (SSSR count). The third-order valence-corrected chi connectivity index (χ3v) is 8.53. The summed E-state index contributed by atoms with van der Waals surface area (Å²) in [5.74, 6) is -1.08. The molecule has 182 valence electrons. The Morgan fingerprint density at radius 3 is 2.24 bits per heavy atom. The van der Waals surface area contributed by atoms with E-state index in [9.17, 15) is 22.8 Å². The number of ether oxygens (including phenoxy) is 1. The van der Waals surface area contributed by atoms with Gasteiger partial charge in [0.15, 0.2) is 12.4 Å². The van der Waals surface area contributed by atoms with Crippen LogP contribution in [0, 0.1) is 0 Å². The highest BCUT2D eigenvalue weighted by Crippen LogP contribution is 2.27. The number of rotatable bonds is 8. The van der Waals surface area contributed by atoms with E-state index in [0.29, 0.717) is 31.4 Å². The minimum Gasteiger partial charge on any atom is -0.454 e. The molecule has 2 fully saturated rings. The number of nitrogens with zero attached hydrogens (tertiary/aromatic N) is 2. The lowest BCUT2D eigenvalue weighted by Gasteiger charge is -2.34. The summed E-state index contributed by atoms with van der Waals surface area (Å²) in [4.78, 5) is 38.9. The zero-order valence-electron chi connectivity index (χ0n) is 19.5. The Labute approximate surface area is 196 Å². The third-order valence-electron chi connectivity index (χ3n) is 6.61. The number of piperidine rings is 1. The number of likely N-dealkylation sites (N-methyl/N-ethyl adjacent to an activating group) is 1. The predicted octanol–water partition coefficient (Wildman–Crippen LogP) is 3.16. The van der Waals surface area contributed by atoms with Crippen LogP contribution in [0.2, 0.25) is 0 Å². The van der Waals surface area contributed by atoms with Crippen LogP contribution >= 0.6 is 0 Å². The SMILES string of the molecule is CCN(C(=O)COC(=O)C1CCCCN1S(=O)(=O)c1ccc(C(C)=O)cc1)C1CCCCC1. The number of sulfonamides is 1. The molecule has 33 heavy (non-hydrogen) atoms. The van der Waals surface area contributed by atoms with Crippen LogP contribution in [0.5, 0.6) is 0 Å². The smallest absolute Gasteiger partial charge is 0.324 e. The molecule has 1 aliphatic carbocycles. The van der Waals surface area contributed by atoms with Crippen molar-refractivity contribution in [2.45, 2.75) is 82.2 Å². The highest BCUT2D eigenvalue weighted by atomic mass is 32.2. The van der Waals surface area contributed by atoms with Crippen LogP contribution < -0.4 is 0 Å². The number of carbonyl (C=O) groups is 3. The summed E-state index contributed by atoms with van der Waals surface area (Å²) in [6.45, 7) is 3.71. The summed E-state index contributed by atoms with van der Waals surface area (Å²) in [5, 5.41) is 0. The fourth-order valence-corrected chi connectivity index (χ4v) is 6.41. The highest BCUT2D eigenvalue weighted by molar-refractivity contribution is 7.89. The summed E-state index contributed by atoms with van der Waals surface area (Å²) in [7, 11) is -3.95. The van der Waals surface area contributed by atoms with E-state index in [1.807, 2.05) is 6.92 Å². The monoisotopic (exact) mass is 478 g/mol. The van der Waals surface area contributed by atoms with Gasteiger partial charge in [-0.2, -0.15) is 4.31 Å². The number of benzene rings is 1. The fraction of sp³-hybridized carbons (Fsp3) is 0.625. The lowest BCUT2D eigenvalue weighted by atomic mass is 9.94. The van der Waals surface area contributed by atoms with Crippen molar-refractivity contribution in [3.8, 4) is 0 Å². The highest BCUT2D eigenvalue weighted by Gasteiger charge is 2.39. The second-order valence-electron chi connectivity index (χ2n) is 8.79. The summed E-state index contributed by atoms with van der Waals surface area (Å²) < 4.78 is 33.0. The Morgan fingerprint density at radius 2 is 1.64 bits per heavy atom. The molecular formula is C24H34N2O6S. The fourth-order valence-electron chi connectivity index (χ4n) is 4.77. The maximum absolute atomic E-state index is 13.2. The van der Waals surface area contributed by atoms with E-state index in [1.54, 1.807) is 4.90 Å². The molecule has 2 aliphatic rings. The zero-order chi connectivity index (χ0) is 24.0. The Morgan fingerprint density at radius 1 is 1.00 bits per heavy atom. The van der Waals surface area contributed by atoms with Crippen LogP contribution in [-0.4, -0.2) is 67.1 Å². The van der Waals surface area contributed by atoms with Crippen molar-refractivity contribution in [3.63, 3.8) is 0 Å². The first kappa shape index (κ1) is 25.4. The van der Waals surface area contributed by atoms with Crippen LogP contribution in [0.3, 0.4) is 0 Å². The van der Waals surface area contributed by atoms with Crippen LogP contribution in [0.15, 0.2) is 29.2 Å². The predicted molar refractivity (Wildman–Crippen MR) is 123 cm³/mol. The molecule has 1 unspecified atom stereocenters. The quantitative estimate of drug-likeness (QED) is 0.420. The molecule has 1 aromatic carbocycles. The van der Waals surface area contributed by atoms with Crippen molar-refractivity contribution >= 4 is 27.7 Å². The Kier molecular flexibility index (Phi) is 8.64. The van der Waals surface area contributed by atoms with Crippen molar-refractivity contribution in [1.29, 1.82) is 0 Å². The van der Waals surface area contributed by atoms with Crippen molar-refractivity contribution < 1.29 is 27.5 Å². The second kappa shape index (κ2) is 11.2. The van der Waals surface area contributed by atoms with Gasteiger partial charge in [0, 0.05) is 24.7 Å². The van der Waals surface area contributed by atoms with E-state index in [1.165, 1.54) is 41.9 Å². The standard InChI is InChI=1S/C24H34N2O6S/c1-3-25(20-9-5-4-6-10-20)23(28)17-32-24(29)22-11-7-8-16-26(22)33(30,31)21-14-12-19(13-15-21)18(2)27/h12-15,20,22H,3-11,16-17H2,1-2H3. The van der Waals surface area contributed by atoms with Crippen LogP contribution in [0.4, 0.5) is 0 Å². The molecule has 1 heterocycles. The molecule has 1 atom stereocenters. The van der Waals surface area contributed by atoms with Gasteiger partial charge in [-0.15, -0.1) is 0 Å². The maximum Gasteiger partial charge on any atom is 0.324 e. The molecule has 1 saturated carbocycles. The van der Waals surface area contributed by atoms with E-state index < -0.39 is 22.0 Å². The van der Waals surface area contributed by atoms with Crippen molar-refractivity contribution in [2.24, 2.45) is 0 Å². The molecule has 0 spiro atoms. The number of esters is 1.